The van der Waals surface area contributed by atoms with E-state index in [9.17, 15) is 14.3 Å². The van der Waals surface area contributed by atoms with E-state index in [2.05, 4.69) is 0 Å². The first-order chi connectivity index (χ1) is 7.59. The number of rotatable bonds is 1. The zero-order valence-corrected chi connectivity index (χ0v) is 8.52. The minimum absolute atomic E-state index is 0.236. The maximum atomic E-state index is 13.6. The van der Waals surface area contributed by atoms with Crippen molar-refractivity contribution in [3.8, 4) is 0 Å². The second kappa shape index (κ2) is 4.09. The largest absolute Gasteiger partial charge is 0.439 e. The number of nitrogens with two attached hydrogens (primary N) is 1. The Morgan fingerprint density at radius 3 is 3.00 bits per heavy atom. The number of fused-ring (bicyclic) bond motifs is 1. The molecule has 1 aromatic carbocycles. The molecular weight excluding hydrogens is 213 g/mol. The first kappa shape index (κ1) is 10.9. The maximum absolute atomic E-state index is 13.6. The zero-order chi connectivity index (χ0) is 11.7. The molecule has 0 heterocycles. The van der Waals surface area contributed by atoms with Gasteiger partial charge in [0.2, 0.25) is 0 Å². The highest BCUT2D eigenvalue weighted by molar-refractivity contribution is 5.65. The van der Waals surface area contributed by atoms with Gasteiger partial charge in [0.1, 0.15) is 5.82 Å². The van der Waals surface area contributed by atoms with Crippen LogP contribution in [0.2, 0.25) is 0 Å². The summed E-state index contributed by atoms with van der Waals surface area (Å²) >= 11 is 0. The third kappa shape index (κ3) is 1.86. The SMILES string of the molecule is NC(=O)O[C@@H]1c2c(F)cccc2CC[C@@H]1O. The van der Waals surface area contributed by atoms with E-state index in [0.717, 1.165) is 5.56 Å². The van der Waals surface area contributed by atoms with Crippen LogP contribution in [0.1, 0.15) is 23.7 Å². The Bertz CT molecular complexity index is 422. The number of aliphatic hydroxyl groups excluding tert-OH is 1. The number of amides is 1. The van der Waals surface area contributed by atoms with Crippen LogP contribution in [0.5, 0.6) is 0 Å². The molecule has 0 saturated carbocycles. The molecular formula is C11H12FNO3. The van der Waals surface area contributed by atoms with Crippen molar-refractivity contribution in [1.29, 1.82) is 0 Å². The molecule has 1 amide bonds. The number of aliphatic hydroxyl groups is 1. The number of ether oxygens (including phenoxy) is 1. The Labute approximate surface area is 91.8 Å². The fourth-order valence-electron chi connectivity index (χ4n) is 2.03. The van der Waals surface area contributed by atoms with Crippen LogP contribution < -0.4 is 5.73 Å². The second-order valence-corrected chi connectivity index (χ2v) is 3.78. The van der Waals surface area contributed by atoms with Gasteiger partial charge in [-0.1, -0.05) is 12.1 Å². The van der Waals surface area contributed by atoms with Crippen LogP contribution in [0.15, 0.2) is 18.2 Å². The summed E-state index contributed by atoms with van der Waals surface area (Å²) in [6.07, 6.45) is -1.93. The molecule has 86 valence electrons. The molecule has 0 unspecified atom stereocenters. The highest BCUT2D eigenvalue weighted by Crippen LogP contribution is 2.34. The lowest BCUT2D eigenvalue weighted by Crippen LogP contribution is -2.31. The van der Waals surface area contributed by atoms with Gasteiger partial charge >= 0.3 is 6.09 Å². The zero-order valence-electron chi connectivity index (χ0n) is 8.52. The summed E-state index contributed by atoms with van der Waals surface area (Å²) in [7, 11) is 0. The highest BCUT2D eigenvalue weighted by atomic mass is 19.1. The lowest BCUT2D eigenvalue weighted by molar-refractivity contribution is -0.00708. The molecule has 16 heavy (non-hydrogen) atoms. The van der Waals surface area contributed by atoms with Gasteiger partial charge in [-0.2, -0.15) is 0 Å². The number of benzene rings is 1. The van der Waals surface area contributed by atoms with Crippen LogP contribution in [0.4, 0.5) is 9.18 Å². The summed E-state index contributed by atoms with van der Waals surface area (Å²) in [5.74, 6) is -0.484. The number of halogens is 1. The van der Waals surface area contributed by atoms with E-state index in [-0.39, 0.29) is 5.56 Å². The number of carbonyl (C=O) groups is 1. The quantitative estimate of drug-likeness (QED) is 0.755. The van der Waals surface area contributed by atoms with Gasteiger partial charge in [0.25, 0.3) is 0 Å². The molecule has 1 aliphatic rings. The number of primary amides is 1. The molecule has 1 aromatic rings. The summed E-state index contributed by atoms with van der Waals surface area (Å²) in [6, 6.07) is 4.61. The molecule has 5 heteroatoms. The summed E-state index contributed by atoms with van der Waals surface area (Å²) in [4.78, 5) is 10.7. The van der Waals surface area contributed by atoms with Crippen molar-refractivity contribution in [3.63, 3.8) is 0 Å². The molecule has 3 N–H and O–H groups in total. The standard InChI is InChI=1S/C11H12FNO3/c12-7-3-1-2-6-4-5-8(14)10(9(6)7)16-11(13)15/h1-3,8,10,14H,4-5H2,(H2,13,15)/t8-,10-/m0/s1. The number of carbonyl (C=O) groups excluding carboxylic acids is 1. The van der Waals surface area contributed by atoms with E-state index < -0.39 is 24.1 Å². The maximum Gasteiger partial charge on any atom is 0.405 e. The smallest absolute Gasteiger partial charge is 0.405 e. The van der Waals surface area contributed by atoms with E-state index >= 15 is 0 Å². The van der Waals surface area contributed by atoms with E-state index in [4.69, 9.17) is 10.5 Å². The number of hydrogen-bond acceptors (Lipinski definition) is 3. The van der Waals surface area contributed by atoms with Gasteiger partial charge in [-0.05, 0) is 24.5 Å². The third-order valence-electron chi connectivity index (χ3n) is 2.73. The van der Waals surface area contributed by atoms with Crippen LogP contribution in [-0.2, 0) is 11.2 Å². The Morgan fingerprint density at radius 1 is 1.56 bits per heavy atom. The van der Waals surface area contributed by atoms with Crippen molar-refractivity contribution in [2.24, 2.45) is 5.73 Å². The Hall–Kier alpha value is -1.62. The average Bonchev–Trinajstić information content (AvgIpc) is 2.22. The lowest BCUT2D eigenvalue weighted by Gasteiger charge is -2.29. The Kier molecular flexibility index (Phi) is 2.78. The highest BCUT2D eigenvalue weighted by Gasteiger charge is 2.33. The van der Waals surface area contributed by atoms with E-state index in [1.165, 1.54) is 6.07 Å². The minimum atomic E-state index is -1.01. The second-order valence-electron chi connectivity index (χ2n) is 3.78. The normalized spacial score (nSPS) is 23.6. The van der Waals surface area contributed by atoms with Gasteiger partial charge in [0.15, 0.2) is 6.10 Å². The minimum Gasteiger partial charge on any atom is -0.439 e. The molecule has 0 radical (unpaired) electrons. The van der Waals surface area contributed by atoms with Crippen LogP contribution in [-0.4, -0.2) is 17.3 Å². The summed E-state index contributed by atoms with van der Waals surface area (Å²) in [6.45, 7) is 0. The van der Waals surface area contributed by atoms with Crippen LogP contribution in [0.25, 0.3) is 0 Å². The monoisotopic (exact) mass is 225 g/mol. The van der Waals surface area contributed by atoms with Gasteiger partial charge in [-0.25, -0.2) is 9.18 Å². The summed E-state index contributed by atoms with van der Waals surface area (Å²) < 4.78 is 18.4. The molecule has 2 atom stereocenters. The predicted molar refractivity (Wildman–Crippen MR) is 54.1 cm³/mol. The summed E-state index contributed by atoms with van der Waals surface area (Å²) in [5.41, 5.74) is 5.88. The van der Waals surface area contributed by atoms with Gasteiger partial charge in [-0.3, -0.25) is 0 Å². The molecule has 0 bridgehead atoms. The van der Waals surface area contributed by atoms with Crippen molar-refractivity contribution in [2.45, 2.75) is 25.0 Å². The van der Waals surface area contributed by atoms with E-state index in [0.29, 0.717) is 12.8 Å². The van der Waals surface area contributed by atoms with Crippen molar-refractivity contribution in [1.82, 2.24) is 0 Å². The molecule has 0 aromatic heterocycles. The predicted octanol–water partition coefficient (Wildman–Crippen LogP) is 1.27. The van der Waals surface area contributed by atoms with Crippen molar-refractivity contribution in [2.75, 3.05) is 0 Å². The topological polar surface area (TPSA) is 72.6 Å². The van der Waals surface area contributed by atoms with Crippen molar-refractivity contribution in [3.05, 3.63) is 35.1 Å². The molecule has 4 nitrogen and oxygen atoms in total. The molecule has 0 saturated heterocycles. The van der Waals surface area contributed by atoms with Crippen LogP contribution in [0, 0.1) is 5.82 Å². The molecule has 0 aliphatic heterocycles. The Morgan fingerprint density at radius 2 is 2.31 bits per heavy atom. The molecule has 2 rings (SSSR count). The average molecular weight is 225 g/mol. The van der Waals surface area contributed by atoms with E-state index in [1.807, 2.05) is 0 Å². The molecule has 1 aliphatic carbocycles. The van der Waals surface area contributed by atoms with Crippen LogP contribution >= 0.6 is 0 Å². The van der Waals surface area contributed by atoms with Crippen LogP contribution in [0.3, 0.4) is 0 Å². The van der Waals surface area contributed by atoms with Gasteiger partial charge in [0, 0.05) is 5.56 Å². The van der Waals surface area contributed by atoms with Gasteiger partial charge in [-0.15, -0.1) is 0 Å². The van der Waals surface area contributed by atoms with E-state index in [1.54, 1.807) is 12.1 Å². The Balaban J connectivity index is 2.42. The van der Waals surface area contributed by atoms with Crippen molar-refractivity contribution < 1.29 is 19.0 Å². The third-order valence-corrected chi connectivity index (χ3v) is 2.73. The van der Waals surface area contributed by atoms with Gasteiger partial charge < -0.3 is 15.6 Å². The first-order valence-electron chi connectivity index (χ1n) is 5.01. The van der Waals surface area contributed by atoms with Gasteiger partial charge in [0.05, 0.1) is 6.10 Å². The number of aryl methyl sites for hydroxylation is 1. The van der Waals surface area contributed by atoms with Crippen molar-refractivity contribution >= 4 is 6.09 Å². The fraction of sp³-hybridized carbons (Fsp3) is 0.364. The molecule has 0 spiro atoms. The number of hydrogen-bond donors (Lipinski definition) is 2. The fourth-order valence-corrected chi connectivity index (χ4v) is 2.03. The molecule has 0 fully saturated rings. The first-order valence-corrected chi connectivity index (χ1v) is 5.01. The summed E-state index contributed by atoms with van der Waals surface area (Å²) in [5, 5.41) is 9.69. The lowest BCUT2D eigenvalue weighted by atomic mass is 9.87.